The summed E-state index contributed by atoms with van der Waals surface area (Å²) >= 11 is 0. The number of hydrogen-bond donors (Lipinski definition) is 1. The molecule has 2 N–H and O–H groups in total. The number of rotatable bonds is 6. The molecule has 3 unspecified atom stereocenters. The Hall–Kier alpha value is -0.120. The highest BCUT2D eigenvalue weighted by Crippen LogP contribution is 2.29. The van der Waals surface area contributed by atoms with Crippen LogP contribution in [0.4, 0.5) is 0 Å². The first kappa shape index (κ1) is 12.9. The normalized spacial score (nSPS) is 28.6. The zero-order valence-electron chi connectivity index (χ0n) is 10.4. The van der Waals surface area contributed by atoms with Gasteiger partial charge in [0.05, 0.1) is 6.10 Å². The van der Waals surface area contributed by atoms with Gasteiger partial charge in [-0.05, 0) is 38.8 Å². The molecule has 1 aliphatic rings. The van der Waals surface area contributed by atoms with Crippen LogP contribution in [-0.4, -0.2) is 43.8 Å². The predicted octanol–water partition coefficient (Wildman–Crippen LogP) is 1.47. The zero-order valence-corrected chi connectivity index (χ0v) is 10.4. The number of nitrogens with zero attached hydrogens (tertiary/aromatic N) is 1. The van der Waals surface area contributed by atoms with Crippen LogP contribution in [0, 0.1) is 5.92 Å². The highest BCUT2D eigenvalue weighted by molar-refractivity contribution is 4.86. The Labute approximate surface area is 94.0 Å². The molecule has 0 aliphatic heterocycles. The molecule has 0 radical (unpaired) electrons. The van der Waals surface area contributed by atoms with E-state index in [1.54, 1.807) is 7.11 Å². The number of likely N-dealkylation sites (N-methyl/N-ethyl adjacent to an activating group) is 1. The largest absolute Gasteiger partial charge is 0.380 e. The van der Waals surface area contributed by atoms with Crippen LogP contribution < -0.4 is 5.73 Å². The highest BCUT2D eigenvalue weighted by Gasteiger charge is 2.30. The topological polar surface area (TPSA) is 38.5 Å². The first-order chi connectivity index (χ1) is 7.22. The molecule has 3 heteroatoms. The highest BCUT2D eigenvalue weighted by atomic mass is 16.5. The van der Waals surface area contributed by atoms with E-state index in [0.717, 1.165) is 19.6 Å². The van der Waals surface area contributed by atoms with E-state index in [0.29, 0.717) is 18.1 Å². The molecule has 90 valence electrons. The van der Waals surface area contributed by atoms with Crippen molar-refractivity contribution in [3.05, 3.63) is 0 Å². The van der Waals surface area contributed by atoms with E-state index in [4.69, 9.17) is 10.5 Å². The van der Waals surface area contributed by atoms with E-state index >= 15 is 0 Å². The smallest absolute Gasteiger partial charge is 0.0670 e. The summed E-state index contributed by atoms with van der Waals surface area (Å²) in [6.07, 6.45) is 4.28. The minimum atomic E-state index is 0.323. The monoisotopic (exact) mass is 214 g/mol. The Morgan fingerprint density at radius 1 is 1.47 bits per heavy atom. The summed E-state index contributed by atoms with van der Waals surface area (Å²) in [6, 6.07) is 0.692. The van der Waals surface area contributed by atoms with E-state index in [1.165, 1.54) is 19.3 Å². The predicted molar refractivity (Wildman–Crippen MR) is 63.9 cm³/mol. The number of ether oxygens (including phenoxy) is 1. The summed E-state index contributed by atoms with van der Waals surface area (Å²) in [5.74, 6) is 0.703. The van der Waals surface area contributed by atoms with Gasteiger partial charge in [0.15, 0.2) is 0 Å². The molecule has 1 fully saturated rings. The fourth-order valence-corrected chi connectivity index (χ4v) is 2.68. The third kappa shape index (κ3) is 3.44. The maximum atomic E-state index is 5.82. The SMILES string of the molecule is CCN(CC(C)OC)C1CCCC1CN. The number of nitrogens with two attached hydrogens (primary N) is 1. The first-order valence-electron chi connectivity index (χ1n) is 6.19. The Morgan fingerprint density at radius 3 is 2.73 bits per heavy atom. The standard InChI is InChI=1S/C12H26N2O/c1-4-14(9-10(2)15-3)12-7-5-6-11(12)8-13/h10-12H,4-9,13H2,1-3H3. The van der Waals surface area contributed by atoms with E-state index in [-0.39, 0.29) is 0 Å². The molecule has 0 aromatic rings. The van der Waals surface area contributed by atoms with Crippen LogP contribution in [0.2, 0.25) is 0 Å². The molecular weight excluding hydrogens is 188 g/mol. The summed E-state index contributed by atoms with van der Waals surface area (Å²) in [5, 5.41) is 0. The van der Waals surface area contributed by atoms with Gasteiger partial charge in [0.25, 0.3) is 0 Å². The van der Waals surface area contributed by atoms with E-state index in [9.17, 15) is 0 Å². The molecule has 0 spiro atoms. The summed E-state index contributed by atoms with van der Waals surface area (Å²) in [5.41, 5.74) is 5.82. The molecule has 0 saturated heterocycles. The van der Waals surface area contributed by atoms with Gasteiger partial charge in [-0.2, -0.15) is 0 Å². The summed E-state index contributed by atoms with van der Waals surface area (Å²) in [6.45, 7) is 7.34. The number of hydrogen-bond acceptors (Lipinski definition) is 3. The molecular formula is C12H26N2O. The Kier molecular flexibility index (Phi) is 5.58. The van der Waals surface area contributed by atoms with Crippen LogP contribution in [0.15, 0.2) is 0 Å². The molecule has 0 bridgehead atoms. The van der Waals surface area contributed by atoms with Gasteiger partial charge in [-0.25, -0.2) is 0 Å². The van der Waals surface area contributed by atoms with Gasteiger partial charge in [0.1, 0.15) is 0 Å². The molecule has 1 aliphatic carbocycles. The van der Waals surface area contributed by atoms with Crippen molar-refractivity contribution in [2.75, 3.05) is 26.7 Å². The Balaban J connectivity index is 2.49. The lowest BCUT2D eigenvalue weighted by Gasteiger charge is -2.33. The van der Waals surface area contributed by atoms with Gasteiger partial charge < -0.3 is 10.5 Å². The van der Waals surface area contributed by atoms with Gasteiger partial charge in [-0.3, -0.25) is 4.90 Å². The average molecular weight is 214 g/mol. The minimum absolute atomic E-state index is 0.323. The fraction of sp³-hybridized carbons (Fsp3) is 1.00. The summed E-state index contributed by atoms with van der Waals surface area (Å²) in [7, 11) is 1.79. The van der Waals surface area contributed by atoms with Gasteiger partial charge in [-0.15, -0.1) is 0 Å². The first-order valence-corrected chi connectivity index (χ1v) is 6.19. The third-order valence-electron chi connectivity index (χ3n) is 3.69. The fourth-order valence-electron chi connectivity index (χ4n) is 2.68. The second-order valence-corrected chi connectivity index (χ2v) is 4.63. The van der Waals surface area contributed by atoms with Crippen LogP contribution in [0.1, 0.15) is 33.1 Å². The lowest BCUT2D eigenvalue weighted by molar-refractivity contribution is 0.0542. The number of methoxy groups -OCH3 is 1. The van der Waals surface area contributed by atoms with E-state index in [1.807, 2.05) is 0 Å². The van der Waals surface area contributed by atoms with Crippen LogP contribution in [-0.2, 0) is 4.74 Å². The summed E-state index contributed by atoms with van der Waals surface area (Å²) < 4.78 is 5.34. The average Bonchev–Trinajstić information content (AvgIpc) is 2.73. The van der Waals surface area contributed by atoms with Crippen molar-refractivity contribution < 1.29 is 4.74 Å². The lowest BCUT2D eigenvalue weighted by Crippen LogP contribution is -2.43. The second-order valence-electron chi connectivity index (χ2n) is 4.63. The van der Waals surface area contributed by atoms with Crippen molar-refractivity contribution >= 4 is 0 Å². The Morgan fingerprint density at radius 2 is 2.20 bits per heavy atom. The lowest BCUT2D eigenvalue weighted by atomic mass is 10.0. The van der Waals surface area contributed by atoms with Crippen molar-refractivity contribution in [1.29, 1.82) is 0 Å². The van der Waals surface area contributed by atoms with Crippen molar-refractivity contribution in [3.63, 3.8) is 0 Å². The molecule has 0 amide bonds. The molecule has 0 aromatic heterocycles. The quantitative estimate of drug-likeness (QED) is 0.727. The van der Waals surface area contributed by atoms with Gasteiger partial charge >= 0.3 is 0 Å². The second kappa shape index (κ2) is 6.46. The van der Waals surface area contributed by atoms with Crippen molar-refractivity contribution in [2.24, 2.45) is 11.7 Å². The Bertz CT molecular complexity index is 175. The minimum Gasteiger partial charge on any atom is -0.380 e. The van der Waals surface area contributed by atoms with Crippen LogP contribution in [0.3, 0.4) is 0 Å². The maximum absolute atomic E-state index is 5.82. The molecule has 1 rings (SSSR count). The molecule has 3 nitrogen and oxygen atoms in total. The van der Waals surface area contributed by atoms with Crippen molar-refractivity contribution in [1.82, 2.24) is 4.90 Å². The van der Waals surface area contributed by atoms with Crippen molar-refractivity contribution in [2.45, 2.75) is 45.3 Å². The van der Waals surface area contributed by atoms with E-state index in [2.05, 4.69) is 18.7 Å². The van der Waals surface area contributed by atoms with Gasteiger partial charge in [0, 0.05) is 19.7 Å². The molecule has 1 saturated carbocycles. The third-order valence-corrected chi connectivity index (χ3v) is 3.69. The van der Waals surface area contributed by atoms with Gasteiger partial charge in [-0.1, -0.05) is 13.3 Å². The molecule has 15 heavy (non-hydrogen) atoms. The summed E-state index contributed by atoms with van der Waals surface area (Å²) in [4.78, 5) is 2.54. The van der Waals surface area contributed by atoms with Crippen LogP contribution in [0.5, 0.6) is 0 Å². The van der Waals surface area contributed by atoms with E-state index < -0.39 is 0 Å². The zero-order chi connectivity index (χ0) is 11.3. The molecule has 3 atom stereocenters. The maximum Gasteiger partial charge on any atom is 0.0670 e. The molecule has 0 heterocycles. The van der Waals surface area contributed by atoms with Crippen LogP contribution in [0.25, 0.3) is 0 Å². The van der Waals surface area contributed by atoms with Gasteiger partial charge in [0.2, 0.25) is 0 Å². The van der Waals surface area contributed by atoms with Crippen molar-refractivity contribution in [3.8, 4) is 0 Å². The molecule has 0 aromatic carbocycles. The van der Waals surface area contributed by atoms with Crippen LogP contribution >= 0.6 is 0 Å².